The highest BCUT2D eigenvalue weighted by atomic mass is 35.5. The number of nitrogens with zero attached hydrogens (tertiary/aromatic N) is 2. The molecule has 3 rings (SSSR count). The van der Waals surface area contributed by atoms with Crippen molar-refractivity contribution in [2.45, 2.75) is 52.6 Å². The summed E-state index contributed by atoms with van der Waals surface area (Å²) in [4.78, 5) is 7.32. The van der Waals surface area contributed by atoms with Gasteiger partial charge in [0.1, 0.15) is 5.75 Å². The van der Waals surface area contributed by atoms with Crippen molar-refractivity contribution in [3.63, 3.8) is 0 Å². The zero-order valence-corrected chi connectivity index (χ0v) is 18.9. The molecule has 0 bridgehead atoms. The van der Waals surface area contributed by atoms with Gasteiger partial charge < -0.3 is 15.0 Å². The number of nitrogens with one attached hydrogen (secondary N) is 1. The van der Waals surface area contributed by atoms with E-state index in [0.717, 1.165) is 59.2 Å². The average Bonchev–Trinajstić information content (AvgIpc) is 2.70. The second-order valence-electron chi connectivity index (χ2n) is 7.94. The highest BCUT2D eigenvalue weighted by Gasteiger charge is 2.14. The van der Waals surface area contributed by atoms with Gasteiger partial charge in [-0.3, -0.25) is 0 Å². The molecule has 0 aliphatic carbocycles. The van der Waals surface area contributed by atoms with Crippen LogP contribution in [0.3, 0.4) is 0 Å². The molecule has 4 nitrogen and oxygen atoms in total. The molecule has 1 heterocycles. The van der Waals surface area contributed by atoms with E-state index in [-0.39, 0.29) is 0 Å². The summed E-state index contributed by atoms with van der Waals surface area (Å²) < 4.78 is 5.46. The van der Waals surface area contributed by atoms with Crippen LogP contribution in [-0.2, 0) is 0 Å². The van der Waals surface area contributed by atoms with E-state index in [1.165, 1.54) is 0 Å². The zero-order valence-electron chi connectivity index (χ0n) is 18.1. The van der Waals surface area contributed by atoms with Crippen LogP contribution in [0, 0.1) is 0 Å². The smallest absolute Gasteiger partial charge is 0.119 e. The minimum Gasteiger partial charge on any atom is -0.497 e. The first kappa shape index (κ1) is 21.7. The average molecular weight is 414 g/mol. The molecule has 0 saturated carbocycles. The van der Waals surface area contributed by atoms with Crippen LogP contribution in [0.1, 0.15) is 40.5 Å². The van der Waals surface area contributed by atoms with Gasteiger partial charge in [-0.2, -0.15) is 0 Å². The number of anilines is 1. The van der Waals surface area contributed by atoms with E-state index < -0.39 is 0 Å². The molecule has 0 saturated heterocycles. The number of aromatic nitrogens is 1. The number of ether oxygens (including phenoxy) is 1. The van der Waals surface area contributed by atoms with E-state index in [1.54, 1.807) is 7.11 Å². The monoisotopic (exact) mass is 413 g/mol. The first-order chi connectivity index (χ1) is 13.9. The number of benzene rings is 2. The molecule has 1 atom stereocenters. The van der Waals surface area contributed by atoms with Gasteiger partial charge in [0.25, 0.3) is 0 Å². The molecule has 3 aromatic rings. The largest absolute Gasteiger partial charge is 0.497 e. The van der Waals surface area contributed by atoms with Gasteiger partial charge in [0.05, 0.1) is 23.8 Å². The van der Waals surface area contributed by atoms with Crippen molar-refractivity contribution in [3.8, 4) is 5.75 Å². The molecule has 1 unspecified atom stereocenters. The fourth-order valence-electron chi connectivity index (χ4n) is 3.88. The van der Waals surface area contributed by atoms with Gasteiger partial charge in [0.15, 0.2) is 0 Å². The van der Waals surface area contributed by atoms with Crippen LogP contribution in [0.15, 0.2) is 36.4 Å². The summed E-state index contributed by atoms with van der Waals surface area (Å²) in [5.74, 6) is 0.832. The number of hydrogen-bond donors (Lipinski definition) is 1. The van der Waals surface area contributed by atoms with E-state index in [0.29, 0.717) is 17.1 Å². The molecular weight excluding hydrogens is 382 g/mol. The second kappa shape index (κ2) is 9.64. The van der Waals surface area contributed by atoms with E-state index >= 15 is 0 Å². The van der Waals surface area contributed by atoms with Crippen molar-refractivity contribution in [1.29, 1.82) is 0 Å². The van der Waals surface area contributed by atoms with Crippen LogP contribution in [0.2, 0.25) is 5.02 Å². The van der Waals surface area contributed by atoms with Gasteiger partial charge in [0, 0.05) is 27.9 Å². The van der Waals surface area contributed by atoms with Gasteiger partial charge in [0.2, 0.25) is 0 Å². The highest BCUT2D eigenvalue weighted by Crippen LogP contribution is 2.34. The Morgan fingerprint density at radius 3 is 2.55 bits per heavy atom. The van der Waals surface area contributed by atoms with E-state index in [2.05, 4.69) is 50.0 Å². The zero-order chi connectivity index (χ0) is 21.0. The van der Waals surface area contributed by atoms with Crippen molar-refractivity contribution in [2.75, 3.05) is 25.5 Å². The van der Waals surface area contributed by atoms with Crippen molar-refractivity contribution >= 4 is 39.1 Å². The lowest BCUT2D eigenvalue weighted by Gasteiger charge is -2.26. The molecule has 0 aliphatic rings. The van der Waals surface area contributed by atoms with Crippen LogP contribution < -0.4 is 10.1 Å². The van der Waals surface area contributed by atoms with Gasteiger partial charge in [-0.15, -0.1) is 0 Å². The number of hydrogen-bond acceptors (Lipinski definition) is 4. The number of halogens is 1. The minimum absolute atomic E-state index is 0.344. The van der Waals surface area contributed by atoms with E-state index in [9.17, 15) is 0 Å². The van der Waals surface area contributed by atoms with Crippen LogP contribution in [-0.4, -0.2) is 42.2 Å². The topological polar surface area (TPSA) is 37.4 Å². The third-order valence-corrected chi connectivity index (χ3v) is 5.79. The van der Waals surface area contributed by atoms with Crippen LogP contribution in [0.4, 0.5) is 5.69 Å². The predicted octanol–water partition coefficient (Wildman–Crippen LogP) is 6.36. The fraction of sp³-hybridized carbons (Fsp3) is 0.458. The van der Waals surface area contributed by atoms with Gasteiger partial charge in [-0.1, -0.05) is 18.5 Å². The molecule has 2 aromatic carbocycles. The minimum atomic E-state index is 0.344. The summed E-state index contributed by atoms with van der Waals surface area (Å²) in [6, 6.07) is 12.9. The third-order valence-electron chi connectivity index (χ3n) is 5.55. The van der Waals surface area contributed by atoms with Gasteiger partial charge in [-0.25, -0.2) is 4.98 Å². The Hall–Kier alpha value is -2.04. The summed E-state index contributed by atoms with van der Waals surface area (Å²) in [6.45, 7) is 11.2. The Labute approximate surface area is 179 Å². The predicted molar refractivity (Wildman–Crippen MR) is 126 cm³/mol. The first-order valence-corrected chi connectivity index (χ1v) is 10.9. The quantitative estimate of drug-likeness (QED) is 0.414. The Morgan fingerprint density at radius 2 is 1.86 bits per heavy atom. The normalized spacial score (nSPS) is 12.8. The Morgan fingerprint density at radius 1 is 1.07 bits per heavy atom. The van der Waals surface area contributed by atoms with Crippen LogP contribution in [0.25, 0.3) is 21.8 Å². The molecule has 0 fully saturated rings. The lowest BCUT2D eigenvalue weighted by molar-refractivity contribution is 0.228. The van der Waals surface area contributed by atoms with Crippen molar-refractivity contribution < 1.29 is 4.74 Å². The standard InChI is InChI=1S/C24H32ClN3O/c1-6-28(16(2)3)13-7-8-17(4)26-24-20-11-9-18(25)14-23(20)27-22-12-10-19(29-5)15-21(22)24/h9-12,14-17H,6-8,13H2,1-5H3,(H,26,27). The number of pyridine rings is 1. The van der Waals surface area contributed by atoms with E-state index in [4.69, 9.17) is 21.3 Å². The highest BCUT2D eigenvalue weighted by molar-refractivity contribution is 6.31. The fourth-order valence-corrected chi connectivity index (χ4v) is 4.05. The summed E-state index contributed by atoms with van der Waals surface area (Å²) >= 11 is 6.23. The maximum Gasteiger partial charge on any atom is 0.119 e. The number of methoxy groups -OCH3 is 1. The lowest BCUT2D eigenvalue weighted by atomic mass is 10.1. The molecule has 1 N–H and O–H groups in total. The number of fused-ring (bicyclic) bond motifs is 2. The lowest BCUT2D eigenvalue weighted by Crippen LogP contribution is -2.32. The van der Waals surface area contributed by atoms with Crippen molar-refractivity contribution in [3.05, 3.63) is 41.4 Å². The van der Waals surface area contributed by atoms with Crippen LogP contribution in [0.5, 0.6) is 5.75 Å². The summed E-state index contributed by atoms with van der Waals surface area (Å²) in [5, 5.41) is 6.62. The van der Waals surface area contributed by atoms with E-state index in [1.807, 2.05) is 24.3 Å². The molecule has 5 heteroatoms. The molecule has 0 aliphatic heterocycles. The van der Waals surface area contributed by atoms with Gasteiger partial charge in [-0.05, 0) is 83.1 Å². The maximum atomic E-state index is 6.23. The first-order valence-electron chi connectivity index (χ1n) is 10.5. The molecule has 0 radical (unpaired) electrons. The summed E-state index contributed by atoms with van der Waals surface area (Å²) in [6.07, 6.45) is 2.27. The Bertz CT molecular complexity index is 973. The van der Waals surface area contributed by atoms with Crippen molar-refractivity contribution in [1.82, 2.24) is 9.88 Å². The summed E-state index contributed by atoms with van der Waals surface area (Å²) in [7, 11) is 1.69. The third kappa shape index (κ3) is 5.12. The summed E-state index contributed by atoms with van der Waals surface area (Å²) in [5.41, 5.74) is 2.94. The van der Waals surface area contributed by atoms with Crippen molar-refractivity contribution in [2.24, 2.45) is 0 Å². The number of rotatable bonds is 9. The molecule has 29 heavy (non-hydrogen) atoms. The Kier molecular flexibility index (Phi) is 7.20. The molecule has 0 amide bonds. The maximum absolute atomic E-state index is 6.23. The Balaban J connectivity index is 1.89. The van der Waals surface area contributed by atoms with Crippen LogP contribution >= 0.6 is 11.6 Å². The molecule has 1 aromatic heterocycles. The second-order valence-corrected chi connectivity index (χ2v) is 8.38. The molecule has 156 valence electrons. The SMILES string of the molecule is CCN(CCCC(C)Nc1c2ccc(Cl)cc2nc2ccc(OC)cc12)C(C)C. The molecular formula is C24H32ClN3O. The molecule has 0 spiro atoms. The van der Waals surface area contributed by atoms with Gasteiger partial charge >= 0.3 is 0 Å².